The van der Waals surface area contributed by atoms with E-state index in [4.69, 9.17) is 4.74 Å². The Morgan fingerprint density at radius 1 is 1.03 bits per heavy atom. The second kappa shape index (κ2) is 10.4. The van der Waals surface area contributed by atoms with E-state index in [1.165, 1.54) is 30.3 Å². The average Bonchev–Trinajstić information content (AvgIpc) is 3.22. The van der Waals surface area contributed by atoms with Crippen LogP contribution in [0.3, 0.4) is 0 Å². The molecule has 0 unspecified atom stereocenters. The van der Waals surface area contributed by atoms with Crippen molar-refractivity contribution in [2.45, 2.75) is 38.3 Å². The van der Waals surface area contributed by atoms with Crippen molar-refractivity contribution in [1.29, 1.82) is 0 Å². The predicted octanol–water partition coefficient (Wildman–Crippen LogP) is 3.59. The van der Waals surface area contributed by atoms with Crippen LogP contribution in [-0.2, 0) is 27.8 Å². The summed E-state index contributed by atoms with van der Waals surface area (Å²) in [6, 6.07) is 17.0. The Kier molecular flexibility index (Phi) is 7.42. The normalized spacial score (nSPS) is 19.8. The number of hydrogen-bond donors (Lipinski definition) is 1. The van der Waals surface area contributed by atoms with Crippen molar-refractivity contribution < 1.29 is 31.8 Å². The van der Waals surface area contributed by atoms with Crippen LogP contribution in [0.15, 0.2) is 66.7 Å². The summed E-state index contributed by atoms with van der Waals surface area (Å²) < 4.78 is 61.1. The van der Waals surface area contributed by atoms with E-state index >= 15 is 0 Å². The number of carbonyl (C=O) groups excluding carboxylic acids is 1. The average molecular weight is 515 g/mol. The van der Waals surface area contributed by atoms with Crippen molar-refractivity contribution in [2.75, 3.05) is 6.26 Å². The maximum absolute atomic E-state index is 15.0. The van der Waals surface area contributed by atoms with Crippen LogP contribution in [0.5, 0.6) is 5.75 Å². The second-order valence-corrected chi connectivity index (χ2v) is 11.1. The molecule has 6 nitrogen and oxygen atoms in total. The number of hydrogen-bond acceptors (Lipinski definition) is 5. The summed E-state index contributed by atoms with van der Waals surface area (Å²) in [4.78, 5) is 12.1. The van der Waals surface area contributed by atoms with Gasteiger partial charge in [-0.2, -0.15) is 0 Å². The first-order valence-electron chi connectivity index (χ1n) is 11.5. The smallest absolute Gasteiger partial charge is 0.208 e. The minimum Gasteiger partial charge on any atom is -0.550 e. The first-order valence-corrected chi connectivity index (χ1v) is 13.4. The number of para-hydroxylation sites is 1. The summed E-state index contributed by atoms with van der Waals surface area (Å²) in [7, 11) is -3.50. The maximum atomic E-state index is 15.0. The van der Waals surface area contributed by atoms with Gasteiger partial charge in [-0.25, -0.2) is 21.9 Å². The van der Waals surface area contributed by atoms with Crippen molar-refractivity contribution in [1.82, 2.24) is 4.72 Å². The predicted molar refractivity (Wildman–Crippen MR) is 129 cm³/mol. The van der Waals surface area contributed by atoms with E-state index in [-0.39, 0.29) is 42.7 Å². The third-order valence-corrected chi connectivity index (χ3v) is 7.24. The number of carboxylic acid groups (broad SMARTS) is 1. The van der Waals surface area contributed by atoms with Gasteiger partial charge in [0.25, 0.3) is 0 Å². The molecule has 1 saturated carbocycles. The van der Waals surface area contributed by atoms with Crippen molar-refractivity contribution in [3.05, 3.63) is 89.5 Å². The molecule has 2 atom stereocenters. The fourth-order valence-electron chi connectivity index (χ4n) is 4.82. The van der Waals surface area contributed by atoms with Gasteiger partial charge in [0.05, 0.1) is 6.26 Å². The zero-order valence-electron chi connectivity index (χ0n) is 19.7. The minimum atomic E-state index is -3.50. The molecule has 0 heterocycles. The minimum absolute atomic E-state index is 0.0140. The van der Waals surface area contributed by atoms with Crippen LogP contribution in [0.2, 0.25) is 0 Å². The third kappa shape index (κ3) is 5.91. The van der Waals surface area contributed by atoms with Crippen molar-refractivity contribution in [2.24, 2.45) is 5.41 Å². The van der Waals surface area contributed by atoms with E-state index in [1.54, 1.807) is 6.07 Å². The van der Waals surface area contributed by atoms with Gasteiger partial charge < -0.3 is 14.6 Å². The van der Waals surface area contributed by atoms with Crippen LogP contribution < -0.4 is 14.6 Å². The monoisotopic (exact) mass is 514 g/mol. The van der Waals surface area contributed by atoms with Gasteiger partial charge in [0.1, 0.15) is 12.4 Å². The van der Waals surface area contributed by atoms with Crippen molar-refractivity contribution in [3.8, 4) is 16.9 Å². The van der Waals surface area contributed by atoms with Crippen molar-refractivity contribution in [3.63, 3.8) is 0 Å². The second-order valence-electron chi connectivity index (χ2n) is 9.28. The van der Waals surface area contributed by atoms with Crippen LogP contribution in [0.4, 0.5) is 8.78 Å². The Morgan fingerprint density at radius 3 is 2.47 bits per heavy atom. The van der Waals surface area contributed by atoms with Gasteiger partial charge in [-0.3, -0.25) is 0 Å². The fourth-order valence-corrected chi connectivity index (χ4v) is 5.63. The van der Waals surface area contributed by atoms with E-state index < -0.39 is 39.1 Å². The van der Waals surface area contributed by atoms with Gasteiger partial charge in [-0.05, 0) is 55.0 Å². The highest BCUT2D eigenvalue weighted by atomic mass is 32.2. The summed E-state index contributed by atoms with van der Waals surface area (Å²) in [5.41, 5.74) is 0.291. The van der Waals surface area contributed by atoms with E-state index in [9.17, 15) is 27.1 Å². The Labute approximate surface area is 209 Å². The first-order chi connectivity index (χ1) is 17.1. The quantitative estimate of drug-likeness (QED) is 0.471. The number of carbonyl (C=O) groups is 1. The highest BCUT2D eigenvalue weighted by Crippen LogP contribution is 2.42. The number of halogens is 2. The number of carboxylic acids is 1. The summed E-state index contributed by atoms with van der Waals surface area (Å²) in [5.74, 6) is -2.65. The molecule has 0 aromatic heterocycles. The zero-order chi connectivity index (χ0) is 25.9. The van der Waals surface area contributed by atoms with Crippen LogP contribution in [0.1, 0.15) is 30.4 Å². The lowest BCUT2D eigenvalue weighted by atomic mass is 9.79. The van der Waals surface area contributed by atoms with Gasteiger partial charge in [0, 0.05) is 28.6 Å². The third-order valence-electron chi connectivity index (χ3n) is 6.48. The van der Waals surface area contributed by atoms with Crippen LogP contribution >= 0.6 is 0 Å². The number of rotatable bonds is 9. The standard InChI is InChI=1S/C27H27F2NO5S/c1-36(33,34)30-20-12-13-27(16-20,26(31)32)15-19-10-11-23(28)22(14-19)21-8-5-9-24(29)25(21)35-17-18-6-3-2-4-7-18/h2-11,14,20,30H,12-13,15-17H2,1H3,(H,31,32)/p-1/t20-,27+/m0/s1. The molecule has 3 aromatic carbocycles. The molecular weight excluding hydrogens is 488 g/mol. The molecule has 0 radical (unpaired) electrons. The molecule has 0 aliphatic heterocycles. The van der Waals surface area contributed by atoms with E-state index in [0.29, 0.717) is 12.0 Å². The highest BCUT2D eigenvalue weighted by Gasteiger charge is 2.41. The molecule has 0 saturated heterocycles. The first kappa shape index (κ1) is 25.8. The lowest BCUT2D eigenvalue weighted by Gasteiger charge is -2.31. The van der Waals surface area contributed by atoms with Crippen LogP contribution in [0, 0.1) is 17.0 Å². The largest absolute Gasteiger partial charge is 0.550 e. The van der Waals surface area contributed by atoms with E-state index in [0.717, 1.165) is 11.8 Å². The van der Waals surface area contributed by atoms with Gasteiger partial charge >= 0.3 is 0 Å². The maximum Gasteiger partial charge on any atom is 0.208 e. The lowest BCUT2D eigenvalue weighted by molar-refractivity contribution is -0.319. The number of benzene rings is 3. The molecule has 0 bridgehead atoms. The van der Waals surface area contributed by atoms with Gasteiger partial charge in [0.2, 0.25) is 10.0 Å². The van der Waals surface area contributed by atoms with Crippen molar-refractivity contribution >= 4 is 16.0 Å². The van der Waals surface area contributed by atoms with Crippen LogP contribution in [0.25, 0.3) is 11.1 Å². The summed E-state index contributed by atoms with van der Waals surface area (Å²) in [5, 5.41) is 12.1. The molecule has 1 aliphatic carbocycles. The van der Waals surface area contributed by atoms with Gasteiger partial charge in [0.15, 0.2) is 11.6 Å². The molecule has 0 amide bonds. The van der Waals surface area contributed by atoms with Gasteiger partial charge in [-0.15, -0.1) is 0 Å². The van der Waals surface area contributed by atoms with Crippen LogP contribution in [-0.4, -0.2) is 26.7 Å². The number of aliphatic carboxylic acids is 1. The van der Waals surface area contributed by atoms with E-state index in [2.05, 4.69) is 4.72 Å². The molecule has 1 aliphatic rings. The SMILES string of the molecule is CS(=O)(=O)N[C@H]1CC[C@](Cc2ccc(F)c(-c3cccc(F)c3OCc3ccccc3)c2)(C(=O)[O-])C1. The molecule has 9 heteroatoms. The Hall–Kier alpha value is -3.30. The Morgan fingerprint density at radius 2 is 1.78 bits per heavy atom. The summed E-state index contributed by atoms with van der Waals surface area (Å²) >= 11 is 0. The summed E-state index contributed by atoms with van der Waals surface area (Å²) in [6.07, 6.45) is 1.65. The molecule has 3 aromatic rings. The molecule has 190 valence electrons. The molecular formula is C27H26F2NO5S-. The molecule has 0 spiro atoms. The highest BCUT2D eigenvalue weighted by molar-refractivity contribution is 7.88. The van der Waals surface area contributed by atoms with E-state index in [1.807, 2.05) is 30.3 Å². The summed E-state index contributed by atoms with van der Waals surface area (Å²) in [6.45, 7) is 0.0819. The Bertz CT molecular complexity index is 1360. The topological polar surface area (TPSA) is 95.5 Å². The van der Waals surface area contributed by atoms with Gasteiger partial charge in [-0.1, -0.05) is 48.5 Å². The molecule has 36 heavy (non-hydrogen) atoms. The number of sulfonamides is 1. The number of ether oxygens (including phenoxy) is 1. The Balaban J connectivity index is 1.63. The number of nitrogens with one attached hydrogen (secondary N) is 1. The zero-order valence-corrected chi connectivity index (χ0v) is 20.5. The molecule has 1 fully saturated rings. The molecule has 1 N–H and O–H groups in total. The fraction of sp³-hybridized carbons (Fsp3) is 0.296. The lowest BCUT2D eigenvalue weighted by Crippen LogP contribution is -2.44. The molecule has 4 rings (SSSR count).